The lowest BCUT2D eigenvalue weighted by Gasteiger charge is -2.13. The summed E-state index contributed by atoms with van der Waals surface area (Å²) >= 11 is 12.3. The Labute approximate surface area is 228 Å². The fourth-order valence-corrected chi connectivity index (χ4v) is 5.10. The lowest BCUT2D eigenvalue weighted by Crippen LogP contribution is -2.12. The second-order valence-electron chi connectivity index (χ2n) is 8.06. The molecule has 0 aliphatic carbocycles. The number of carbonyl (C=O) groups is 1. The van der Waals surface area contributed by atoms with Crippen molar-refractivity contribution in [3.8, 4) is 11.5 Å². The van der Waals surface area contributed by atoms with Gasteiger partial charge in [0.1, 0.15) is 27.0 Å². The molecule has 9 nitrogen and oxygen atoms in total. The molecule has 0 aromatic heterocycles. The van der Waals surface area contributed by atoms with E-state index in [4.69, 9.17) is 27.9 Å². The van der Waals surface area contributed by atoms with Crippen molar-refractivity contribution in [1.82, 2.24) is 0 Å². The van der Waals surface area contributed by atoms with Gasteiger partial charge in [-0.05, 0) is 47.7 Å². The van der Waals surface area contributed by atoms with E-state index in [2.05, 4.69) is 15.5 Å². The summed E-state index contributed by atoms with van der Waals surface area (Å²) in [6.07, 6.45) is 0.327. The molecule has 4 aromatic carbocycles. The second kappa shape index (κ2) is 11.0. The van der Waals surface area contributed by atoms with Crippen LogP contribution in [0, 0.1) is 0 Å². The minimum atomic E-state index is -4.70. The van der Waals surface area contributed by atoms with E-state index < -0.39 is 26.7 Å². The Morgan fingerprint density at radius 3 is 2.42 bits per heavy atom. The van der Waals surface area contributed by atoms with E-state index in [1.54, 1.807) is 49.4 Å². The molecule has 0 unspecified atom stereocenters. The zero-order valence-corrected chi connectivity index (χ0v) is 22.4. The number of aryl methyl sites for hydroxylation is 1. The molecule has 38 heavy (non-hydrogen) atoms. The number of halogens is 2. The van der Waals surface area contributed by atoms with Gasteiger partial charge >= 0.3 is 0 Å². The maximum absolute atomic E-state index is 13.2. The van der Waals surface area contributed by atoms with Crippen molar-refractivity contribution in [2.75, 3.05) is 12.4 Å². The zero-order valence-electron chi connectivity index (χ0n) is 20.1. The van der Waals surface area contributed by atoms with E-state index in [0.717, 1.165) is 6.07 Å². The third-order valence-corrected chi connectivity index (χ3v) is 7.17. The number of anilines is 1. The summed E-state index contributed by atoms with van der Waals surface area (Å²) in [4.78, 5) is 12.7. The number of phenols is 1. The van der Waals surface area contributed by atoms with Crippen LogP contribution in [0.2, 0.25) is 10.0 Å². The number of hydrogen-bond donors (Lipinski definition) is 3. The van der Waals surface area contributed by atoms with Gasteiger partial charge in [0.2, 0.25) is 0 Å². The van der Waals surface area contributed by atoms with Gasteiger partial charge in [-0.25, -0.2) is 0 Å². The fraction of sp³-hybridized carbons (Fsp3) is 0.115. The number of hydrogen-bond acceptors (Lipinski definition) is 7. The van der Waals surface area contributed by atoms with Crippen LogP contribution in [-0.2, 0) is 16.5 Å². The molecular weight excluding hydrogens is 553 g/mol. The SMILES string of the molecule is CCc1cc(Cl)cc(S(=O)(=O)O)c1N=Nc1c(O)c(C(=O)Nc2cccc(OC)c2Cl)cc2ccccc12. The molecule has 0 aliphatic heterocycles. The highest BCUT2D eigenvalue weighted by atomic mass is 35.5. The molecule has 3 N–H and O–H groups in total. The maximum Gasteiger partial charge on any atom is 0.296 e. The molecule has 0 fully saturated rings. The summed E-state index contributed by atoms with van der Waals surface area (Å²) in [6.45, 7) is 1.75. The molecule has 0 saturated carbocycles. The number of azo groups is 1. The number of aromatic hydroxyl groups is 1. The zero-order chi connectivity index (χ0) is 27.6. The summed E-state index contributed by atoms with van der Waals surface area (Å²) in [5.41, 5.74) is 0.320. The van der Waals surface area contributed by atoms with E-state index in [1.165, 1.54) is 19.2 Å². The highest BCUT2D eigenvalue weighted by Crippen LogP contribution is 2.41. The Morgan fingerprint density at radius 1 is 1.03 bits per heavy atom. The van der Waals surface area contributed by atoms with Crippen molar-refractivity contribution in [3.05, 3.63) is 81.8 Å². The number of rotatable bonds is 7. The molecule has 0 bridgehead atoms. The van der Waals surface area contributed by atoms with Crippen LogP contribution in [0.4, 0.5) is 17.1 Å². The molecule has 4 aromatic rings. The summed E-state index contributed by atoms with van der Waals surface area (Å²) in [7, 11) is -3.26. The Balaban J connectivity index is 1.86. The Bertz CT molecular complexity index is 1710. The van der Waals surface area contributed by atoms with Crippen molar-refractivity contribution in [1.29, 1.82) is 0 Å². The molecule has 0 spiro atoms. The van der Waals surface area contributed by atoms with Crippen LogP contribution in [-0.4, -0.2) is 31.1 Å². The number of carbonyl (C=O) groups excluding carboxylic acids is 1. The van der Waals surface area contributed by atoms with Gasteiger partial charge < -0.3 is 15.2 Å². The van der Waals surface area contributed by atoms with Crippen molar-refractivity contribution in [2.24, 2.45) is 10.2 Å². The molecule has 12 heteroatoms. The van der Waals surface area contributed by atoms with Crippen molar-refractivity contribution >= 4 is 67.1 Å². The average Bonchev–Trinajstić information content (AvgIpc) is 2.88. The number of phenolic OH excluding ortho intramolecular Hbond substituents is 1. The molecule has 0 saturated heterocycles. The molecule has 0 radical (unpaired) electrons. The topological polar surface area (TPSA) is 138 Å². The monoisotopic (exact) mass is 573 g/mol. The van der Waals surface area contributed by atoms with E-state index in [1.807, 2.05) is 0 Å². The number of fused-ring (bicyclic) bond motifs is 1. The highest BCUT2D eigenvalue weighted by molar-refractivity contribution is 7.86. The number of benzene rings is 4. The molecule has 1 amide bonds. The normalized spacial score (nSPS) is 11.7. The van der Waals surface area contributed by atoms with Crippen molar-refractivity contribution in [3.63, 3.8) is 0 Å². The van der Waals surface area contributed by atoms with Crippen LogP contribution in [0.1, 0.15) is 22.8 Å². The molecule has 0 heterocycles. The van der Waals surface area contributed by atoms with Crippen LogP contribution in [0.15, 0.2) is 75.8 Å². The molecular formula is C26H21Cl2N3O6S. The van der Waals surface area contributed by atoms with Crippen molar-refractivity contribution < 1.29 is 27.6 Å². The van der Waals surface area contributed by atoms with Crippen LogP contribution in [0.5, 0.6) is 11.5 Å². The average molecular weight is 574 g/mol. The Morgan fingerprint density at radius 2 is 1.74 bits per heavy atom. The largest absolute Gasteiger partial charge is 0.505 e. The van der Waals surface area contributed by atoms with E-state index >= 15 is 0 Å². The van der Waals surface area contributed by atoms with Crippen LogP contribution >= 0.6 is 23.2 Å². The molecule has 4 rings (SSSR count). The predicted molar refractivity (Wildman–Crippen MR) is 146 cm³/mol. The van der Waals surface area contributed by atoms with E-state index in [0.29, 0.717) is 28.5 Å². The lowest BCUT2D eigenvalue weighted by atomic mass is 10.0. The predicted octanol–water partition coefficient (Wildman–Crippen LogP) is 7.34. The van der Waals surface area contributed by atoms with E-state index in [-0.39, 0.29) is 32.7 Å². The smallest absolute Gasteiger partial charge is 0.296 e. The van der Waals surface area contributed by atoms with Crippen LogP contribution in [0.3, 0.4) is 0 Å². The van der Waals surface area contributed by atoms with Crippen LogP contribution < -0.4 is 10.1 Å². The number of methoxy groups -OCH3 is 1. The van der Waals surface area contributed by atoms with Gasteiger partial charge in [-0.2, -0.15) is 8.42 Å². The maximum atomic E-state index is 13.2. The summed E-state index contributed by atoms with van der Waals surface area (Å²) < 4.78 is 39.0. The minimum Gasteiger partial charge on any atom is -0.505 e. The highest BCUT2D eigenvalue weighted by Gasteiger charge is 2.22. The number of nitrogens with zero attached hydrogens (tertiary/aromatic N) is 2. The van der Waals surface area contributed by atoms with Gasteiger partial charge in [0.05, 0.1) is 18.4 Å². The Kier molecular flexibility index (Phi) is 7.89. The van der Waals surface area contributed by atoms with E-state index in [9.17, 15) is 22.9 Å². The van der Waals surface area contributed by atoms with Gasteiger partial charge in [-0.15, -0.1) is 10.2 Å². The quantitative estimate of drug-likeness (QED) is 0.156. The first-order valence-electron chi connectivity index (χ1n) is 11.1. The number of amides is 1. The van der Waals surface area contributed by atoms with Gasteiger partial charge in [0, 0.05) is 10.4 Å². The molecule has 0 aliphatic rings. The first-order valence-corrected chi connectivity index (χ1v) is 13.3. The summed E-state index contributed by atoms with van der Waals surface area (Å²) in [5, 5.41) is 23.3. The first-order chi connectivity index (χ1) is 18.0. The van der Waals surface area contributed by atoms with Gasteiger partial charge in [0.25, 0.3) is 16.0 Å². The fourth-order valence-electron chi connectivity index (χ4n) is 3.85. The summed E-state index contributed by atoms with van der Waals surface area (Å²) in [6, 6.07) is 15.7. The minimum absolute atomic E-state index is 0.0803. The van der Waals surface area contributed by atoms with Gasteiger partial charge in [-0.3, -0.25) is 9.35 Å². The van der Waals surface area contributed by atoms with Gasteiger partial charge in [-0.1, -0.05) is 60.5 Å². The first kappa shape index (κ1) is 27.3. The van der Waals surface area contributed by atoms with Gasteiger partial charge in [0.15, 0.2) is 5.75 Å². The van der Waals surface area contributed by atoms with Crippen molar-refractivity contribution in [2.45, 2.75) is 18.2 Å². The second-order valence-corrected chi connectivity index (χ2v) is 10.3. The lowest BCUT2D eigenvalue weighted by molar-refractivity contribution is 0.102. The number of nitrogens with one attached hydrogen (secondary N) is 1. The summed E-state index contributed by atoms with van der Waals surface area (Å²) in [5.74, 6) is -0.824. The number of ether oxygens (including phenoxy) is 1. The molecule has 196 valence electrons. The Hall–Kier alpha value is -3.70. The third kappa shape index (κ3) is 5.44. The molecule has 0 atom stereocenters. The van der Waals surface area contributed by atoms with Crippen LogP contribution in [0.25, 0.3) is 10.8 Å². The third-order valence-electron chi connectivity index (χ3n) is 5.70. The standard InChI is InChI=1S/C26H21Cl2N3O6S/c1-3-14-11-16(27)13-21(38(34,35)36)23(14)30-31-24-17-8-5-4-7-15(17)12-18(25(24)32)26(33)29-19-9-6-10-20(37-2)22(19)28/h4-13,32H,3H2,1-2H3,(H,29,33)(H,34,35,36).